The standard InChI is InChI=1S/C11H19N3O2/c12-11(4-5-11)10(16)13-8-9(15)14-6-2-1-3-7-14/h1-8,12H2,(H,13,16). The Hall–Kier alpha value is -1.10. The van der Waals surface area contributed by atoms with Gasteiger partial charge in [0.2, 0.25) is 11.8 Å². The zero-order valence-electron chi connectivity index (χ0n) is 9.50. The van der Waals surface area contributed by atoms with E-state index in [0.29, 0.717) is 0 Å². The minimum Gasteiger partial charge on any atom is -0.345 e. The fourth-order valence-electron chi connectivity index (χ4n) is 1.95. The maximum absolute atomic E-state index is 11.7. The molecule has 0 atom stereocenters. The Morgan fingerprint density at radius 2 is 1.81 bits per heavy atom. The highest BCUT2D eigenvalue weighted by Gasteiger charge is 2.45. The van der Waals surface area contributed by atoms with Crippen molar-refractivity contribution in [2.24, 2.45) is 5.73 Å². The van der Waals surface area contributed by atoms with Gasteiger partial charge in [-0.1, -0.05) is 0 Å². The predicted octanol–water partition coefficient (Wildman–Crippen LogP) is -0.394. The summed E-state index contributed by atoms with van der Waals surface area (Å²) in [6.45, 7) is 1.74. The highest BCUT2D eigenvalue weighted by atomic mass is 16.2. The first-order valence-electron chi connectivity index (χ1n) is 5.97. The number of nitrogens with zero attached hydrogens (tertiary/aromatic N) is 1. The minimum atomic E-state index is -0.678. The fourth-order valence-corrected chi connectivity index (χ4v) is 1.95. The van der Waals surface area contributed by atoms with Crippen LogP contribution in [0.1, 0.15) is 32.1 Å². The van der Waals surface area contributed by atoms with E-state index >= 15 is 0 Å². The van der Waals surface area contributed by atoms with Gasteiger partial charge in [-0.2, -0.15) is 0 Å². The second kappa shape index (κ2) is 4.41. The van der Waals surface area contributed by atoms with Gasteiger partial charge in [0.15, 0.2) is 0 Å². The molecule has 2 rings (SSSR count). The molecule has 1 saturated heterocycles. The lowest BCUT2D eigenvalue weighted by Crippen LogP contribution is -2.48. The van der Waals surface area contributed by atoms with Crippen molar-refractivity contribution >= 4 is 11.8 Å². The van der Waals surface area contributed by atoms with E-state index in [1.54, 1.807) is 0 Å². The van der Waals surface area contributed by atoms with Crippen LogP contribution in [0.4, 0.5) is 0 Å². The third kappa shape index (κ3) is 2.52. The lowest BCUT2D eigenvalue weighted by atomic mass is 10.1. The van der Waals surface area contributed by atoms with Crippen LogP contribution in [0.2, 0.25) is 0 Å². The SMILES string of the molecule is NC1(C(=O)NCC(=O)N2CCCCC2)CC1. The Bertz CT molecular complexity index is 294. The molecule has 5 heteroatoms. The van der Waals surface area contributed by atoms with Crippen molar-refractivity contribution in [1.29, 1.82) is 0 Å². The maximum Gasteiger partial charge on any atom is 0.241 e. The zero-order chi connectivity index (χ0) is 11.6. The molecule has 1 aliphatic heterocycles. The molecule has 2 aliphatic rings. The van der Waals surface area contributed by atoms with Crippen molar-refractivity contribution in [3.05, 3.63) is 0 Å². The molecule has 1 heterocycles. The van der Waals surface area contributed by atoms with Gasteiger partial charge >= 0.3 is 0 Å². The molecule has 0 bridgehead atoms. The van der Waals surface area contributed by atoms with Crippen LogP contribution >= 0.6 is 0 Å². The van der Waals surface area contributed by atoms with Gasteiger partial charge in [-0.25, -0.2) is 0 Å². The van der Waals surface area contributed by atoms with Crippen LogP contribution in [-0.2, 0) is 9.59 Å². The summed E-state index contributed by atoms with van der Waals surface area (Å²) < 4.78 is 0. The molecule has 3 N–H and O–H groups in total. The van der Waals surface area contributed by atoms with Crippen molar-refractivity contribution < 1.29 is 9.59 Å². The molecule has 16 heavy (non-hydrogen) atoms. The summed E-state index contributed by atoms with van der Waals surface area (Å²) in [4.78, 5) is 25.0. The number of carbonyl (C=O) groups is 2. The molecule has 90 valence electrons. The van der Waals surface area contributed by atoms with Crippen molar-refractivity contribution in [1.82, 2.24) is 10.2 Å². The van der Waals surface area contributed by atoms with Gasteiger partial charge in [0, 0.05) is 13.1 Å². The Morgan fingerprint density at radius 1 is 1.19 bits per heavy atom. The Kier molecular flexibility index (Phi) is 3.14. The second-order valence-electron chi connectivity index (χ2n) is 4.78. The third-order valence-electron chi connectivity index (χ3n) is 3.35. The van der Waals surface area contributed by atoms with Crippen LogP contribution in [0, 0.1) is 0 Å². The molecule has 0 aromatic carbocycles. The highest BCUT2D eigenvalue weighted by Crippen LogP contribution is 2.31. The number of likely N-dealkylation sites (tertiary alicyclic amines) is 1. The van der Waals surface area contributed by atoms with Crippen LogP contribution in [0.15, 0.2) is 0 Å². The Balaban J connectivity index is 1.72. The lowest BCUT2D eigenvalue weighted by molar-refractivity contribution is -0.134. The topological polar surface area (TPSA) is 75.4 Å². The maximum atomic E-state index is 11.7. The van der Waals surface area contributed by atoms with E-state index in [-0.39, 0.29) is 18.4 Å². The van der Waals surface area contributed by atoms with E-state index in [2.05, 4.69) is 5.32 Å². The number of piperidine rings is 1. The average Bonchev–Trinajstić information content (AvgIpc) is 3.06. The molecule has 2 amide bonds. The summed E-state index contributed by atoms with van der Waals surface area (Å²) in [7, 11) is 0. The number of nitrogens with two attached hydrogens (primary N) is 1. The smallest absolute Gasteiger partial charge is 0.241 e. The minimum absolute atomic E-state index is 0.0114. The first-order valence-corrected chi connectivity index (χ1v) is 5.97. The van der Waals surface area contributed by atoms with E-state index in [1.165, 1.54) is 6.42 Å². The van der Waals surface area contributed by atoms with E-state index in [1.807, 2.05) is 4.90 Å². The molecular formula is C11H19N3O2. The van der Waals surface area contributed by atoms with Gasteiger partial charge in [-0.15, -0.1) is 0 Å². The Morgan fingerprint density at radius 3 is 2.38 bits per heavy atom. The van der Waals surface area contributed by atoms with Crippen LogP contribution in [0.3, 0.4) is 0 Å². The summed E-state index contributed by atoms with van der Waals surface area (Å²) in [5.41, 5.74) is 5.04. The monoisotopic (exact) mass is 225 g/mol. The van der Waals surface area contributed by atoms with Gasteiger partial charge in [-0.3, -0.25) is 9.59 Å². The van der Waals surface area contributed by atoms with E-state index in [4.69, 9.17) is 5.73 Å². The molecule has 0 aromatic heterocycles. The molecule has 0 aromatic rings. The number of nitrogens with one attached hydrogen (secondary N) is 1. The fraction of sp³-hybridized carbons (Fsp3) is 0.818. The van der Waals surface area contributed by atoms with Gasteiger partial charge < -0.3 is 16.0 Å². The molecule has 5 nitrogen and oxygen atoms in total. The molecule has 0 unspecified atom stereocenters. The van der Waals surface area contributed by atoms with Gasteiger partial charge in [0.25, 0.3) is 0 Å². The molecule has 0 radical (unpaired) electrons. The van der Waals surface area contributed by atoms with Gasteiger partial charge in [-0.05, 0) is 32.1 Å². The lowest BCUT2D eigenvalue weighted by Gasteiger charge is -2.26. The molecule has 2 fully saturated rings. The van der Waals surface area contributed by atoms with Crippen molar-refractivity contribution in [3.8, 4) is 0 Å². The normalized spacial score (nSPS) is 22.7. The van der Waals surface area contributed by atoms with Crippen molar-refractivity contribution in [3.63, 3.8) is 0 Å². The van der Waals surface area contributed by atoms with Gasteiger partial charge in [0.05, 0.1) is 12.1 Å². The quantitative estimate of drug-likeness (QED) is 0.686. The van der Waals surface area contributed by atoms with Gasteiger partial charge in [0.1, 0.15) is 0 Å². The number of hydrogen-bond donors (Lipinski definition) is 2. The largest absolute Gasteiger partial charge is 0.345 e. The third-order valence-corrected chi connectivity index (χ3v) is 3.35. The van der Waals surface area contributed by atoms with Crippen LogP contribution in [0.5, 0.6) is 0 Å². The number of amides is 2. The molecular weight excluding hydrogens is 206 g/mol. The molecule has 0 spiro atoms. The number of rotatable bonds is 3. The molecule has 1 aliphatic carbocycles. The first kappa shape index (κ1) is 11.4. The average molecular weight is 225 g/mol. The summed E-state index contributed by atoms with van der Waals surface area (Å²) in [5.74, 6) is -0.171. The van der Waals surface area contributed by atoms with E-state index in [0.717, 1.165) is 38.8 Å². The summed E-state index contributed by atoms with van der Waals surface area (Å²) in [6, 6.07) is 0. The summed E-state index contributed by atoms with van der Waals surface area (Å²) >= 11 is 0. The van der Waals surface area contributed by atoms with Crippen LogP contribution < -0.4 is 11.1 Å². The zero-order valence-corrected chi connectivity index (χ0v) is 9.50. The van der Waals surface area contributed by atoms with Crippen LogP contribution in [-0.4, -0.2) is 41.9 Å². The van der Waals surface area contributed by atoms with E-state index in [9.17, 15) is 9.59 Å². The van der Waals surface area contributed by atoms with Crippen molar-refractivity contribution in [2.45, 2.75) is 37.6 Å². The number of carbonyl (C=O) groups excluding carboxylic acids is 2. The predicted molar refractivity (Wildman–Crippen MR) is 59.6 cm³/mol. The number of hydrogen-bond acceptors (Lipinski definition) is 3. The van der Waals surface area contributed by atoms with Crippen molar-refractivity contribution in [2.75, 3.05) is 19.6 Å². The second-order valence-corrected chi connectivity index (χ2v) is 4.78. The summed E-state index contributed by atoms with van der Waals surface area (Å²) in [6.07, 6.45) is 4.80. The van der Waals surface area contributed by atoms with Crippen LogP contribution in [0.25, 0.3) is 0 Å². The first-order chi connectivity index (χ1) is 7.62. The summed E-state index contributed by atoms with van der Waals surface area (Å²) in [5, 5.41) is 2.63. The molecule has 1 saturated carbocycles. The Labute approximate surface area is 95.3 Å². The van der Waals surface area contributed by atoms with E-state index < -0.39 is 5.54 Å². The highest BCUT2D eigenvalue weighted by molar-refractivity contribution is 5.92.